The lowest BCUT2D eigenvalue weighted by atomic mass is 10.1. The van der Waals surface area contributed by atoms with E-state index in [-0.39, 0.29) is 0 Å². The minimum atomic E-state index is -0.513. The number of benzene rings is 3. The molecule has 0 atom stereocenters. The minimum Gasteiger partial charge on any atom is -0.312 e. The molecule has 0 saturated heterocycles. The highest BCUT2D eigenvalue weighted by molar-refractivity contribution is 6.30. The maximum absolute atomic E-state index is 12.2. The van der Waals surface area contributed by atoms with E-state index in [1.54, 1.807) is 24.3 Å². The van der Waals surface area contributed by atoms with Crippen LogP contribution in [0.1, 0.15) is 21.5 Å². The Morgan fingerprint density at radius 1 is 0.750 bits per heavy atom. The van der Waals surface area contributed by atoms with Crippen molar-refractivity contribution in [1.82, 2.24) is 0 Å². The van der Waals surface area contributed by atoms with Crippen molar-refractivity contribution in [3.63, 3.8) is 0 Å². The van der Waals surface area contributed by atoms with E-state index in [2.05, 4.69) is 5.16 Å². The van der Waals surface area contributed by atoms with E-state index in [9.17, 15) is 4.79 Å². The van der Waals surface area contributed by atoms with Crippen LogP contribution in [-0.4, -0.2) is 11.7 Å². The molecule has 116 valence electrons. The third-order valence-electron chi connectivity index (χ3n) is 3.95. The monoisotopic (exact) mass is 333 g/mol. The van der Waals surface area contributed by atoms with Gasteiger partial charge in [0.15, 0.2) is 0 Å². The average molecular weight is 334 g/mol. The van der Waals surface area contributed by atoms with Gasteiger partial charge in [-0.1, -0.05) is 65.3 Å². The lowest BCUT2D eigenvalue weighted by Crippen LogP contribution is -2.05. The summed E-state index contributed by atoms with van der Waals surface area (Å²) in [6.45, 7) is 0. The topological polar surface area (TPSA) is 38.7 Å². The molecule has 0 bridgehead atoms. The predicted octanol–water partition coefficient (Wildman–Crippen LogP) is 4.93. The third kappa shape index (κ3) is 2.49. The standard InChI is InChI=1S/C20H12ClNO2/c21-14-11-9-13(10-12-14)20(23)24-22-19-17-7-3-1-5-15(17)16-6-2-4-8-18(16)19/h1-12H. The van der Waals surface area contributed by atoms with Crippen LogP contribution in [0.5, 0.6) is 0 Å². The van der Waals surface area contributed by atoms with Gasteiger partial charge in [0.1, 0.15) is 5.71 Å². The highest BCUT2D eigenvalue weighted by Crippen LogP contribution is 2.36. The summed E-state index contributed by atoms with van der Waals surface area (Å²) in [4.78, 5) is 17.3. The normalized spacial score (nSPS) is 11.6. The smallest absolute Gasteiger partial charge is 0.312 e. The van der Waals surface area contributed by atoms with Gasteiger partial charge in [0.2, 0.25) is 0 Å². The molecule has 1 aliphatic rings. The SMILES string of the molecule is O=C(ON=C1c2ccccc2-c2ccccc21)c1ccc(Cl)cc1. The van der Waals surface area contributed by atoms with Gasteiger partial charge >= 0.3 is 5.97 Å². The van der Waals surface area contributed by atoms with Crippen molar-refractivity contribution in [3.8, 4) is 11.1 Å². The number of carbonyl (C=O) groups excluding carboxylic acids is 1. The summed E-state index contributed by atoms with van der Waals surface area (Å²) in [5, 5.41) is 4.70. The van der Waals surface area contributed by atoms with E-state index in [1.807, 2.05) is 48.5 Å². The number of halogens is 1. The van der Waals surface area contributed by atoms with Crippen LogP contribution in [0.15, 0.2) is 78.0 Å². The molecule has 3 aromatic carbocycles. The Labute approximate surface area is 144 Å². The molecule has 0 N–H and O–H groups in total. The van der Waals surface area contributed by atoms with E-state index in [0.29, 0.717) is 16.3 Å². The molecule has 4 rings (SSSR count). The first-order valence-corrected chi connectivity index (χ1v) is 7.86. The van der Waals surface area contributed by atoms with Crippen LogP contribution in [-0.2, 0) is 4.84 Å². The quantitative estimate of drug-likeness (QED) is 0.385. The molecule has 0 fully saturated rings. The second kappa shape index (κ2) is 5.95. The molecule has 4 heteroatoms. The molecule has 0 spiro atoms. The van der Waals surface area contributed by atoms with Gasteiger partial charge in [-0.05, 0) is 35.4 Å². The molecular weight excluding hydrogens is 322 g/mol. The fourth-order valence-electron chi connectivity index (χ4n) is 2.82. The van der Waals surface area contributed by atoms with Crippen LogP contribution in [0.4, 0.5) is 0 Å². The number of nitrogens with zero attached hydrogens (tertiary/aromatic N) is 1. The molecular formula is C20H12ClNO2. The van der Waals surface area contributed by atoms with Crippen LogP contribution in [0.3, 0.4) is 0 Å². The van der Waals surface area contributed by atoms with Crippen LogP contribution in [0.25, 0.3) is 11.1 Å². The van der Waals surface area contributed by atoms with Gasteiger partial charge in [0.25, 0.3) is 0 Å². The first-order valence-electron chi connectivity index (χ1n) is 7.48. The number of hydrogen-bond donors (Lipinski definition) is 0. The zero-order valence-electron chi connectivity index (χ0n) is 12.6. The number of carbonyl (C=O) groups is 1. The summed E-state index contributed by atoms with van der Waals surface area (Å²) in [5.41, 5.74) is 5.18. The molecule has 0 aliphatic heterocycles. The molecule has 0 saturated carbocycles. The van der Waals surface area contributed by atoms with Crippen molar-refractivity contribution in [2.75, 3.05) is 0 Å². The first kappa shape index (κ1) is 14.7. The fourth-order valence-corrected chi connectivity index (χ4v) is 2.94. The van der Waals surface area contributed by atoms with Crippen LogP contribution >= 0.6 is 11.6 Å². The van der Waals surface area contributed by atoms with E-state index in [1.165, 1.54) is 0 Å². The predicted molar refractivity (Wildman–Crippen MR) is 94.4 cm³/mol. The molecule has 0 heterocycles. The molecule has 1 aliphatic carbocycles. The molecule has 0 radical (unpaired) electrons. The van der Waals surface area contributed by atoms with Crippen molar-refractivity contribution in [3.05, 3.63) is 94.5 Å². The Morgan fingerprint density at radius 2 is 1.25 bits per heavy atom. The van der Waals surface area contributed by atoms with Crippen molar-refractivity contribution >= 4 is 23.3 Å². The lowest BCUT2D eigenvalue weighted by Gasteiger charge is -2.02. The largest absolute Gasteiger partial charge is 0.365 e. The van der Waals surface area contributed by atoms with Gasteiger partial charge in [0.05, 0.1) is 5.56 Å². The van der Waals surface area contributed by atoms with Crippen LogP contribution < -0.4 is 0 Å². The Bertz CT molecular complexity index is 914. The maximum atomic E-state index is 12.2. The summed E-state index contributed by atoms with van der Waals surface area (Å²) in [7, 11) is 0. The number of rotatable bonds is 2. The number of hydrogen-bond acceptors (Lipinski definition) is 3. The van der Waals surface area contributed by atoms with Crippen LogP contribution in [0, 0.1) is 0 Å². The minimum absolute atomic E-state index is 0.406. The molecule has 3 aromatic rings. The average Bonchev–Trinajstić information content (AvgIpc) is 2.94. The van der Waals surface area contributed by atoms with Gasteiger partial charge in [0, 0.05) is 16.1 Å². The van der Waals surface area contributed by atoms with Crippen molar-refractivity contribution < 1.29 is 9.63 Å². The van der Waals surface area contributed by atoms with Crippen molar-refractivity contribution in [1.29, 1.82) is 0 Å². The summed E-state index contributed by atoms with van der Waals surface area (Å²) < 4.78 is 0. The fraction of sp³-hybridized carbons (Fsp3) is 0. The summed E-state index contributed by atoms with van der Waals surface area (Å²) >= 11 is 5.83. The second-order valence-electron chi connectivity index (χ2n) is 5.42. The zero-order valence-corrected chi connectivity index (χ0v) is 13.3. The van der Waals surface area contributed by atoms with E-state index >= 15 is 0 Å². The second-order valence-corrected chi connectivity index (χ2v) is 5.85. The van der Waals surface area contributed by atoms with Crippen molar-refractivity contribution in [2.24, 2.45) is 5.16 Å². The summed E-state index contributed by atoms with van der Waals surface area (Å²) in [6, 6.07) is 22.4. The van der Waals surface area contributed by atoms with Gasteiger partial charge in [-0.3, -0.25) is 0 Å². The third-order valence-corrected chi connectivity index (χ3v) is 4.21. The van der Waals surface area contributed by atoms with Gasteiger partial charge in [-0.2, -0.15) is 0 Å². The molecule has 24 heavy (non-hydrogen) atoms. The zero-order chi connectivity index (χ0) is 16.5. The Morgan fingerprint density at radius 3 is 1.79 bits per heavy atom. The highest BCUT2D eigenvalue weighted by atomic mass is 35.5. The molecule has 0 aromatic heterocycles. The van der Waals surface area contributed by atoms with Crippen LogP contribution in [0.2, 0.25) is 5.02 Å². The molecule has 3 nitrogen and oxygen atoms in total. The summed E-state index contributed by atoms with van der Waals surface area (Å²) in [5.74, 6) is -0.513. The van der Waals surface area contributed by atoms with Gasteiger partial charge in [-0.15, -0.1) is 0 Å². The van der Waals surface area contributed by atoms with Gasteiger partial charge < -0.3 is 4.84 Å². The first-order chi connectivity index (χ1) is 11.7. The van der Waals surface area contributed by atoms with Gasteiger partial charge in [-0.25, -0.2) is 4.79 Å². The van der Waals surface area contributed by atoms with Crippen molar-refractivity contribution in [2.45, 2.75) is 0 Å². The van der Waals surface area contributed by atoms with E-state index in [4.69, 9.17) is 16.4 Å². The van der Waals surface area contributed by atoms with E-state index in [0.717, 1.165) is 22.3 Å². The van der Waals surface area contributed by atoms with E-state index < -0.39 is 5.97 Å². The summed E-state index contributed by atoms with van der Waals surface area (Å²) in [6.07, 6.45) is 0. The Balaban J connectivity index is 1.70. The molecule has 0 unspecified atom stereocenters. The number of fused-ring (bicyclic) bond motifs is 3. The number of oxime groups is 1. The molecule has 0 amide bonds. The Kier molecular flexibility index (Phi) is 3.63. The maximum Gasteiger partial charge on any atom is 0.365 e. The Hall–Kier alpha value is -2.91. The lowest BCUT2D eigenvalue weighted by molar-refractivity contribution is 0.0517. The highest BCUT2D eigenvalue weighted by Gasteiger charge is 2.25.